The van der Waals surface area contributed by atoms with Crippen LogP contribution in [0.5, 0.6) is 11.5 Å². The second-order valence-electron chi connectivity index (χ2n) is 4.30. The predicted octanol–water partition coefficient (Wildman–Crippen LogP) is 3.31. The first kappa shape index (κ1) is 15.3. The highest BCUT2D eigenvalue weighted by atomic mass is 16.5. The molecular formula is C18H16N2O2. The van der Waals surface area contributed by atoms with Crippen molar-refractivity contribution in [3.8, 4) is 23.8 Å². The molecular weight excluding hydrogens is 276 g/mol. The van der Waals surface area contributed by atoms with Crippen molar-refractivity contribution >= 4 is 10.9 Å². The van der Waals surface area contributed by atoms with Crippen LogP contribution in [-0.4, -0.2) is 24.2 Å². The molecule has 0 radical (unpaired) electrons. The molecule has 0 aliphatic rings. The monoisotopic (exact) mass is 292 g/mol. The summed E-state index contributed by atoms with van der Waals surface area (Å²) in [7, 11) is 3.21. The lowest BCUT2D eigenvalue weighted by molar-refractivity contribution is 0.356. The first-order chi connectivity index (χ1) is 10.8. The van der Waals surface area contributed by atoms with E-state index in [0.717, 1.165) is 16.5 Å². The lowest BCUT2D eigenvalue weighted by Gasteiger charge is -2.07. The van der Waals surface area contributed by atoms with Gasteiger partial charge < -0.3 is 9.47 Å². The molecule has 0 unspecified atom stereocenters. The molecule has 4 nitrogen and oxygen atoms in total. The van der Waals surface area contributed by atoms with Crippen LogP contribution in [0.15, 0.2) is 55.0 Å². The molecule has 0 N–H and O–H groups in total. The van der Waals surface area contributed by atoms with Crippen LogP contribution in [-0.2, 0) is 0 Å². The average molecular weight is 292 g/mol. The Morgan fingerprint density at radius 3 is 2.27 bits per heavy atom. The van der Waals surface area contributed by atoms with Gasteiger partial charge in [0.25, 0.3) is 0 Å². The SMILES string of the molecule is C#Cc1ccccc1.COc1cc2cncnc2cc1OC. The fourth-order valence-electron chi connectivity index (χ4n) is 1.84. The van der Waals surface area contributed by atoms with Crippen LogP contribution in [0.2, 0.25) is 0 Å². The van der Waals surface area contributed by atoms with Gasteiger partial charge in [-0.3, -0.25) is 0 Å². The number of benzene rings is 2. The van der Waals surface area contributed by atoms with E-state index in [1.54, 1.807) is 20.4 Å². The largest absolute Gasteiger partial charge is 0.493 e. The van der Waals surface area contributed by atoms with Crippen LogP contribution in [0.1, 0.15) is 5.56 Å². The molecule has 22 heavy (non-hydrogen) atoms. The number of terminal acetylenes is 1. The van der Waals surface area contributed by atoms with Crippen molar-refractivity contribution in [3.63, 3.8) is 0 Å². The Morgan fingerprint density at radius 2 is 1.68 bits per heavy atom. The Bertz CT molecular complexity index is 737. The molecule has 0 saturated carbocycles. The number of methoxy groups -OCH3 is 2. The Kier molecular flexibility index (Phi) is 5.33. The summed E-state index contributed by atoms with van der Waals surface area (Å²) in [4.78, 5) is 8.05. The minimum Gasteiger partial charge on any atom is -0.493 e. The van der Waals surface area contributed by atoms with Crippen LogP contribution in [0.4, 0.5) is 0 Å². The molecule has 0 aliphatic heterocycles. The minimum absolute atomic E-state index is 0.679. The van der Waals surface area contributed by atoms with Crippen LogP contribution in [0.25, 0.3) is 10.9 Å². The third-order valence-corrected chi connectivity index (χ3v) is 2.95. The van der Waals surface area contributed by atoms with E-state index in [4.69, 9.17) is 15.9 Å². The van der Waals surface area contributed by atoms with Crippen LogP contribution < -0.4 is 9.47 Å². The Morgan fingerprint density at radius 1 is 1.00 bits per heavy atom. The van der Waals surface area contributed by atoms with Crippen LogP contribution in [0.3, 0.4) is 0 Å². The molecule has 1 aromatic heterocycles. The van der Waals surface area contributed by atoms with Crippen molar-refractivity contribution in [2.24, 2.45) is 0 Å². The maximum atomic E-state index is 5.16. The van der Waals surface area contributed by atoms with E-state index in [0.29, 0.717) is 11.5 Å². The summed E-state index contributed by atoms with van der Waals surface area (Å²) in [5, 5.41) is 0.935. The Balaban J connectivity index is 0.000000188. The van der Waals surface area contributed by atoms with Crippen molar-refractivity contribution in [1.29, 1.82) is 0 Å². The summed E-state index contributed by atoms with van der Waals surface area (Å²) >= 11 is 0. The molecule has 0 aliphatic carbocycles. The number of ether oxygens (including phenoxy) is 2. The van der Waals surface area contributed by atoms with Gasteiger partial charge in [0.2, 0.25) is 0 Å². The van der Waals surface area contributed by atoms with Crippen molar-refractivity contribution in [2.45, 2.75) is 0 Å². The molecule has 2 aromatic carbocycles. The third-order valence-electron chi connectivity index (χ3n) is 2.95. The number of fused-ring (bicyclic) bond motifs is 1. The van der Waals surface area contributed by atoms with Crippen molar-refractivity contribution < 1.29 is 9.47 Å². The van der Waals surface area contributed by atoms with Gasteiger partial charge in [-0.2, -0.15) is 0 Å². The van der Waals surface area contributed by atoms with E-state index in [-0.39, 0.29) is 0 Å². The van der Waals surface area contributed by atoms with Crippen molar-refractivity contribution in [3.05, 3.63) is 60.6 Å². The molecule has 1 heterocycles. The molecule has 3 aromatic rings. The number of rotatable bonds is 2. The van der Waals surface area contributed by atoms with Gasteiger partial charge in [-0.15, -0.1) is 6.42 Å². The second kappa shape index (κ2) is 7.65. The molecule has 110 valence electrons. The molecule has 0 saturated heterocycles. The van der Waals surface area contributed by atoms with Gasteiger partial charge in [-0.25, -0.2) is 9.97 Å². The van der Waals surface area contributed by atoms with Crippen molar-refractivity contribution in [1.82, 2.24) is 9.97 Å². The Labute approximate surface area is 129 Å². The minimum atomic E-state index is 0.679. The van der Waals surface area contributed by atoms with E-state index < -0.39 is 0 Å². The first-order valence-electron chi connectivity index (χ1n) is 6.62. The predicted molar refractivity (Wildman–Crippen MR) is 87.0 cm³/mol. The third kappa shape index (κ3) is 3.74. The topological polar surface area (TPSA) is 44.2 Å². The summed E-state index contributed by atoms with van der Waals surface area (Å²) in [6.07, 6.45) is 8.35. The summed E-state index contributed by atoms with van der Waals surface area (Å²) in [5.74, 6) is 3.90. The van der Waals surface area contributed by atoms with E-state index in [1.807, 2.05) is 42.5 Å². The molecule has 0 atom stereocenters. The van der Waals surface area contributed by atoms with Crippen molar-refractivity contribution in [2.75, 3.05) is 14.2 Å². The van der Waals surface area contributed by atoms with Gasteiger partial charge in [-0.05, 0) is 18.2 Å². The van der Waals surface area contributed by atoms with Crippen LogP contribution in [0, 0.1) is 12.3 Å². The van der Waals surface area contributed by atoms with Gasteiger partial charge >= 0.3 is 0 Å². The summed E-state index contributed by atoms with van der Waals surface area (Å²) in [6.45, 7) is 0. The number of nitrogens with zero attached hydrogens (tertiary/aromatic N) is 2. The Hall–Kier alpha value is -3.06. The summed E-state index contributed by atoms with van der Waals surface area (Å²) in [6, 6.07) is 13.3. The first-order valence-corrected chi connectivity index (χ1v) is 6.62. The average Bonchev–Trinajstić information content (AvgIpc) is 2.61. The quantitative estimate of drug-likeness (QED) is 0.680. The zero-order chi connectivity index (χ0) is 15.8. The van der Waals surface area contributed by atoms with Gasteiger partial charge in [0.05, 0.1) is 19.7 Å². The lowest BCUT2D eigenvalue weighted by Crippen LogP contribution is -1.91. The summed E-state index contributed by atoms with van der Waals surface area (Å²) < 4.78 is 10.3. The summed E-state index contributed by atoms with van der Waals surface area (Å²) in [5.41, 5.74) is 1.78. The maximum Gasteiger partial charge on any atom is 0.162 e. The molecule has 0 amide bonds. The van der Waals surface area contributed by atoms with Gasteiger partial charge in [0.15, 0.2) is 11.5 Å². The highest BCUT2D eigenvalue weighted by Gasteiger charge is 2.05. The van der Waals surface area contributed by atoms with Gasteiger partial charge in [0.1, 0.15) is 6.33 Å². The van der Waals surface area contributed by atoms with Gasteiger partial charge in [0, 0.05) is 23.2 Å². The van der Waals surface area contributed by atoms with E-state index in [2.05, 4.69) is 15.9 Å². The molecule has 4 heteroatoms. The maximum absolute atomic E-state index is 5.16. The van der Waals surface area contributed by atoms with Crippen LogP contribution >= 0.6 is 0 Å². The highest BCUT2D eigenvalue weighted by Crippen LogP contribution is 2.30. The molecule has 0 spiro atoms. The normalized spacial score (nSPS) is 9.32. The highest BCUT2D eigenvalue weighted by molar-refractivity contribution is 5.81. The fraction of sp³-hybridized carbons (Fsp3) is 0.111. The number of hydrogen-bond donors (Lipinski definition) is 0. The fourth-order valence-corrected chi connectivity index (χ4v) is 1.84. The number of hydrogen-bond acceptors (Lipinski definition) is 4. The molecule has 0 bridgehead atoms. The smallest absolute Gasteiger partial charge is 0.162 e. The van der Waals surface area contributed by atoms with E-state index in [1.165, 1.54) is 6.33 Å². The second-order valence-corrected chi connectivity index (χ2v) is 4.30. The van der Waals surface area contributed by atoms with Gasteiger partial charge in [-0.1, -0.05) is 24.1 Å². The zero-order valence-corrected chi connectivity index (χ0v) is 12.5. The standard InChI is InChI=1S/C10H10N2O2.C8H6/c1-13-9-3-7-5-11-6-12-8(7)4-10(9)14-2;1-2-8-6-4-3-5-7-8/h3-6H,1-2H3;1,3-7H. The number of aromatic nitrogens is 2. The lowest BCUT2D eigenvalue weighted by atomic mass is 10.2. The molecule has 0 fully saturated rings. The molecule has 3 rings (SSSR count). The van der Waals surface area contributed by atoms with E-state index in [9.17, 15) is 0 Å². The van der Waals surface area contributed by atoms with E-state index >= 15 is 0 Å². The zero-order valence-electron chi connectivity index (χ0n) is 12.5.